The van der Waals surface area contributed by atoms with E-state index in [-0.39, 0.29) is 6.10 Å². The summed E-state index contributed by atoms with van der Waals surface area (Å²) in [5.74, 6) is 0.405. The molecule has 170 valence electrons. The minimum Gasteiger partial charge on any atom is -0.493 e. The van der Waals surface area contributed by atoms with Crippen LogP contribution < -0.4 is 4.74 Å². The van der Waals surface area contributed by atoms with Crippen molar-refractivity contribution in [2.45, 2.75) is 25.2 Å². The number of ether oxygens (including phenoxy) is 2. The van der Waals surface area contributed by atoms with Gasteiger partial charge in [-0.05, 0) is 42.0 Å². The normalized spacial score (nSPS) is 17.4. The number of halogens is 3. The van der Waals surface area contributed by atoms with E-state index in [1.165, 1.54) is 12.1 Å². The zero-order valence-electron chi connectivity index (χ0n) is 17.8. The maximum atomic E-state index is 12.7. The van der Waals surface area contributed by atoms with Gasteiger partial charge in [-0.3, -0.25) is 14.6 Å². The van der Waals surface area contributed by atoms with Gasteiger partial charge in [0.15, 0.2) is 0 Å². The number of hydrogen-bond acceptors (Lipinski definition) is 5. The summed E-state index contributed by atoms with van der Waals surface area (Å²) >= 11 is 0. The molecule has 0 unspecified atom stereocenters. The zero-order valence-corrected chi connectivity index (χ0v) is 17.8. The molecule has 0 aliphatic carbocycles. The Labute approximate surface area is 184 Å². The fourth-order valence-electron chi connectivity index (χ4n) is 3.71. The van der Waals surface area contributed by atoms with Crippen LogP contribution in [0.1, 0.15) is 28.6 Å². The number of hydrogen-bond donors (Lipinski definition) is 0. The number of nitrogens with zero attached hydrogens (tertiary/aromatic N) is 4. The first-order chi connectivity index (χ1) is 15.4. The SMILES string of the molecule is Cn1nc([C@H]2CN(Cc3cccnc3)CCO2)cc1CCOc1ccc(C(F)(F)F)cc1. The van der Waals surface area contributed by atoms with Crippen molar-refractivity contribution in [1.29, 1.82) is 0 Å². The minimum atomic E-state index is -4.35. The smallest absolute Gasteiger partial charge is 0.416 e. The van der Waals surface area contributed by atoms with Gasteiger partial charge in [-0.2, -0.15) is 18.3 Å². The zero-order chi connectivity index (χ0) is 22.6. The van der Waals surface area contributed by atoms with Crippen molar-refractivity contribution in [1.82, 2.24) is 19.7 Å². The standard InChI is InChI=1S/C23H25F3N4O2/c1-29-19(8-11-31-20-6-4-18(5-7-20)23(24,25)26)13-21(28-29)22-16-30(10-12-32-22)15-17-3-2-9-27-14-17/h2-7,9,13-14,22H,8,10-12,15-16H2,1H3/t22-/m1/s1. The number of benzene rings is 1. The number of pyridine rings is 1. The summed E-state index contributed by atoms with van der Waals surface area (Å²) in [5, 5.41) is 4.61. The lowest BCUT2D eigenvalue weighted by Gasteiger charge is -2.32. The highest BCUT2D eigenvalue weighted by molar-refractivity contribution is 5.29. The maximum absolute atomic E-state index is 12.7. The highest BCUT2D eigenvalue weighted by atomic mass is 19.4. The maximum Gasteiger partial charge on any atom is 0.416 e. The molecule has 0 spiro atoms. The van der Waals surface area contributed by atoms with Gasteiger partial charge in [0.2, 0.25) is 0 Å². The van der Waals surface area contributed by atoms with E-state index >= 15 is 0 Å². The Balaban J connectivity index is 1.31. The highest BCUT2D eigenvalue weighted by Crippen LogP contribution is 2.30. The first kappa shape index (κ1) is 22.3. The van der Waals surface area contributed by atoms with Crippen molar-refractivity contribution in [2.75, 3.05) is 26.3 Å². The molecule has 3 aromatic rings. The lowest BCUT2D eigenvalue weighted by atomic mass is 10.1. The Bertz CT molecular complexity index is 1010. The quantitative estimate of drug-likeness (QED) is 0.549. The molecule has 0 saturated carbocycles. The molecule has 1 aromatic carbocycles. The molecule has 0 radical (unpaired) electrons. The van der Waals surface area contributed by atoms with Crippen molar-refractivity contribution in [3.63, 3.8) is 0 Å². The Kier molecular flexibility index (Phi) is 6.76. The van der Waals surface area contributed by atoms with Crippen LogP contribution in [0.15, 0.2) is 54.9 Å². The fourth-order valence-corrected chi connectivity index (χ4v) is 3.71. The molecule has 1 saturated heterocycles. The predicted molar refractivity (Wildman–Crippen MR) is 112 cm³/mol. The molecular formula is C23H25F3N4O2. The van der Waals surface area contributed by atoms with Gasteiger partial charge in [-0.1, -0.05) is 6.07 Å². The second kappa shape index (κ2) is 9.70. The Hall–Kier alpha value is -2.91. The van der Waals surface area contributed by atoms with Crippen LogP contribution in [0.3, 0.4) is 0 Å². The molecule has 1 aliphatic rings. The number of alkyl halides is 3. The van der Waals surface area contributed by atoms with Crippen molar-refractivity contribution in [2.24, 2.45) is 7.05 Å². The van der Waals surface area contributed by atoms with Crippen LogP contribution in [-0.2, 0) is 30.9 Å². The third-order valence-electron chi connectivity index (χ3n) is 5.41. The van der Waals surface area contributed by atoms with E-state index < -0.39 is 11.7 Å². The van der Waals surface area contributed by atoms with Gasteiger partial charge in [0.25, 0.3) is 0 Å². The average Bonchev–Trinajstić information content (AvgIpc) is 3.15. The topological polar surface area (TPSA) is 52.4 Å². The molecule has 0 amide bonds. The van der Waals surface area contributed by atoms with E-state index in [0.29, 0.717) is 25.4 Å². The molecule has 0 N–H and O–H groups in total. The summed E-state index contributed by atoms with van der Waals surface area (Å²) in [4.78, 5) is 6.50. The summed E-state index contributed by atoms with van der Waals surface area (Å²) in [6.45, 7) is 3.38. The van der Waals surface area contributed by atoms with Crippen LogP contribution in [0.25, 0.3) is 0 Å². The van der Waals surface area contributed by atoms with Crippen LogP contribution in [0.4, 0.5) is 13.2 Å². The van der Waals surface area contributed by atoms with Crippen molar-refractivity contribution < 1.29 is 22.6 Å². The summed E-state index contributed by atoms with van der Waals surface area (Å²) in [5.41, 5.74) is 2.31. The molecule has 32 heavy (non-hydrogen) atoms. The molecule has 4 rings (SSSR count). The van der Waals surface area contributed by atoms with Gasteiger partial charge in [-0.25, -0.2) is 0 Å². The Morgan fingerprint density at radius 1 is 1.19 bits per heavy atom. The fraction of sp³-hybridized carbons (Fsp3) is 0.391. The van der Waals surface area contributed by atoms with Gasteiger partial charge < -0.3 is 9.47 Å². The monoisotopic (exact) mass is 446 g/mol. The lowest BCUT2D eigenvalue weighted by molar-refractivity contribution is -0.137. The molecule has 1 fully saturated rings. The summed E-state index contributed by atoms with van der Waals surface area (Å²) in [6.07, 6.45) is -0.242. The van der Waals surface area contributed by atoms with Gasteiger partial charge >= 0.3 is 6.18 Å². The molecule has 3 heterocycles. The lowest BCUT2D eigenvalue weighted by Crippen LogP contribution is -2.38. The Morgan fingerprint density at radius 2 is 2.00 bits per heavy atom. The van der Waals surface area contributed by atoms with Crippen molar-refractivity contribution in [3.05, 3.63) is 77.4 Å². The first-order valence-corrected chi connectivity index (χ1v) is 10.4. The highest BCUT2D eigenvalue weighted by Gasteiger charge is 2.30. The van der Waals surface area contributed by atoms with E-state index in [1.54, 1.807) is 10.9 Å². The second-order valence-electron chi connectivity index (χ2n) is 7.76. The third-order valence-corrected chi connectivity index (χ3v) is 5.41. The second-order valence-corrected chi connectivity index (χ2v) is 7.76. The number of aromatic nitrogens is 3. The first-order valence-electron chi connectivity index (χ1n) is 10.4. The van der Waals surface area contributed by atoms with E-state index in [0.717, 1.165) is 48.7 Å². The van der Waals surface area contributed by atoms with E-state index in [9.17, 15) is 13.2 Å². The van der Waals surface area contributed by atoms with Gasteiger partial charge in [0, 0.05) is 51.2 Å². The molecule has 1 aliphatic heterocycles. The summed E-state index contributed by atoms with van der Waals surface area (Å²) in [6, 6.07) is 10.7. The van der Waals surface area contributed by atoms with Crippen LogP contribution in [0, 0.1) is 0 Å². The number of morpholine rings is 1. The van der Waals surface area contributed by atoms with Gasteiger partial charge in [-0.15, -0.1) is 0 Å². The largest absolute Gasteiger partial charge is 0.493 e. The molecule has 0 bridgehead atoms. The molecular weight excluding hydrogens is 421 g/mol. The number of aryl methyl sites for hydroxylation is 1. The third kappa shape index (κ3) is 5.66. The van der Waals surface area contributed by atoms with E-state index in [1.807, 2.05) is 25.4 Å². The average molecular weight is 446 g/mol. The molecule has 1 atom stereocenters. The van der Waals surface area contributed by atoms with Crippen LogP contribution in [0.5, 0.6) is 5.75 Å². The Morgan fingerprint density at radius 3 is 2.72 bits per heavy atom. The van der Waals surface area contributed by atoms with Gasteiger partial charge in [0.1, 0.15) is 11.9 Å². The van der Waals surface area contributed by atoms with Crippen molar-refractivity contribution >= 4 is 0 Å². The molecule has 2 aromatic heterocycles. The van der Waals surface area contributed by atoms with Crippen LogP contribution >= 0.6 is 0 Å². The van der Waals surface area contributed by atoms with Crippen molar-refractivity contribution in [3.8, 4) is 5.75 Å². The molecule has 6 nitrogen and oxygen atoms in total. The van der Waals surface area contributed by atoms with Gasteiger partial charge in [0.05, 0.1) is 24.5 Å². The number of rotatable bonds is 7. The predicted octanol–water partition coefficient (Wildman–Crippen LogP) is 4.03. The van der Waals surface area contributed by atoms with E-state index in [2.05, 4.69) is 21.0 Å². The minimum absolute atomic E-state index is 0.115. The van der Waals surface area contributed by atoms with Crippen LogP contribution in [-0.4, -0.2) is 46.0 Å². The van der Waals surface area contributed by atoms with E-state index in [4.69, 9.17) is 9.47 Å². The van der Waals surface area contributed by atoms with Crippen LogP contribution in [0.2, 0.25) is 0 Å². The summed E-state index contributed by atoms with van der Waals surface area (Å²) in [7, 11) is 1.87. The summed E-state index contributed by atoms with van der Waals surface area (Å²) < 4.78 is 51.4. The molecule has 9 heteroatoms.